The van der Waals surface area contributed by atoms with Gasteiger partial charge >= 0.3 is 0 Å². The second-order valence-electron chi connectivity index (χ2n) is 6.16. The van der Waals surface area contributed by atoms with Crippen molar-refractivity contribution < 1.29 is 0 Å². The molecule has 3 heteroatoms. The van der Waals surface area contributed by atoms with Crippen molar-refractivity contribution in [1.29, 1.82) is 0 Å². The Balaban J connectivity index is 2.42. The van der Waals surface area contributed by atoms with E-state index in [9.17, 15) is 0 Å². The van der Waals surface area contributed by atoms with Crippen LogP contribution < -0.4 is 0 Å². The molecule has 0 saturated heterocycles. The van der Waals surface area contributed by atoms with Crippen LogP contribution in [-0.2, 0) is 0 Å². The van der Waals surface area contributed by atoms with Gasteiger partial charge in [-0.05, 0) is 25.2 Å². The van der Waals surface area contributed by atoms with Crippen LogP contribution in [0, 0.1) is 5.92 Å². The van der Waals surface area contributed by atoms with Crippen molar-refractivity contribution >= 4 is 6.34 Å². The standard InChI is InChI=1S/C16H33N3/c1-5-7-9-10-12-19-16(13-15(3)4)18(14-17-19)11-8-6-2/h14-16H,5-13H2,1-4H3. The molecule has 1 rings (SSSR count). The lowest BCUT2D eigenvalue weighted by molar-refractivity contribution is 0.107. The van der Waals surface area contributed by atoms with Crippen LogP contribution in [-0.4, -0.2) is 35.5 Å². The minimum absolute atomic E-state index is 0.508. The first kappa shape index (κ1) is 16.3. The van der Waals surface area contributed by atoms with Crippen molar-refractivity contribution in [3.8, 4) is 0 Å². The van der Waals surface area contributed by atoms with Gasteiger partial charge in [-0.1, -0.05) is 53.4 Å². The Labute approximate surface area is 120 Å². The molecule has 112 valence electrons. The molecule has 0 N–H and O–H groups in total. The Morgan fingerprint density at radius 1 is 1.00 bits per heavy atom. The van der Waals surface area contributed by atoms with E-state index in [1.54, 1.807) is 0 Å². The molecule has 1 aliphatic heterocycles. The molecular weight excluding hydrogens is 234 g/mol. The summed E-state index contributed by atoms with van der Waals surface area (Å²) in [5.74, 6) is 0.731. The fourth-order valence-electron chi connectivity index (χ4n) is 2.59. The Hall–Kier alpha value is -0.730. The number of rotatable bonds is 10. The average Bonchev–Trinajstić information content (AvgIpc) is 2.74. The van der Waals surface area contributed by atoms with Crippen molar-refractivity contribution in [3.63, 3.8) is 0 Å². The third-order valence-corrected chi connectivity index (χ3v) is 3.77. The summed E-state index contributed by atoms with van der Waals surface area (Å²) in [6.07, 6.45) is 11.6. The summed E-state index contributed by atoms with van der Waals surface area (Å²) in [7, 11) is 0. The molecule has 0 fully saturated rings. The second-order valence-corrected chi connectivity index (χ2v) is 6.16. The van der Waals surface area contributed by atoms with Crippen molar-refractivity contribution in [3.05, 3.63) is 0 Å². The zero-order chi connectivity index (χ0) is 14.1. The van der Waals surface area contributed by atoms with E-state index in [2.05, 4.69) is 49.0 Å². The number of hydrogen-bond donors (Lipinski definition) is 0. The highest BCUT2D eigenvalue weighted by Gasteiger charge is 2.27. The first-order chi connectivity index (χ1) is 9.19. The van der Waals surface area contributed by atoms with Crippen LogP contribution in [0.5, 0.6) is 0 Å². The van der Waals surface area contributed by atoms with E-state index in [1.807, 2.05) is 0 Å². The summed E-state index contributed by atoms with van der Waals surface area (Å²) >= 11 is 0. The summed E-state index contributed by atoms with van der Waals surface area (Å²) in [5, 5.41) is 6.96. The van der Waals surface area contributed by atoms with Crippen molar-refractivity contribution in [2.45, 2.75) is 78.8 Å². The molecule has 1 unspecified atom stereocenters. The molecular formula is C16H33N3. The van der Waals surface area contributed by atoms with Gasteiger partial charge in [0.05, 0.1) is 0 Å². The lowest BCUT2D eigenvalue weighted by Gasteiger charge is -2.32. The summed E-state index contributed by atoms with van der Waals surface area (Å²) < 4.78 is 0. The van der Waals surface area contributed by atoms with Crippen LogP contribution in [0.3, 0.4) is 0 Å². The van der Waals surface area contributed by atoms with Crippen molar-refractivity contribution in [2.75, 3.05) is 13.1 Å². The van der Waals surface area contributed by atoms with Gasteiger partial charge < -0.3 is 4.90 Å². The Bertz CT molecular complexity index is 250. The van der Waals surface area contributed by atoms with Gasteiger partial charge in [-0.25, -0.2) is 0 Å². The Morgan fingerprint density at radius 2 is 1.74 bits per heavy atom. The molecule has 0 aliphatic carbocycles. The van der Waals surface area contributed by atoms with Crippen LogP contribution in [0.15, 0.2) is 5.10 Å². The van der Waals surface area contributed by atoms with Gasteiger partial charge in [-0.2, -0.15) is 5.10 Å². The lowest BCUT2D eigenvalue weighted by Crippen LogP contribution is -2.41. The molecule has 0 aromatic rings. The van der Waals surface area contributed by atoms with Crippen molar-refractivity contribution in [1.82, 2.24) is 9.91 Å². The molecule has 1 atom stereocenters. The van der Waals surface area contributed by atoms with Gasteiger partial charge in [-0.3, -0.25) is 5.01 Å². The predicted molar refractivity (Wildman–Crippen MR) is 84.2 cm³/mol. The van der Waals surface area contributed by atoms with Gasteiger partial charge in [0.1, 0.15) is 12.5 Å². The smallest absolute Gasteiger partial charge is 0.119 e. The third kappa shape index (κ3) is 5.84. The van der Waals surface area contributed by atoms with Gasteiger partial charge in [-0.15, -0.1) is 0 Å². The highest BCUT2D eigenvalue weighted by Crippen LogP contribution is 2.21. The molecule has 0 amide bonds. The van der Waals surface area contributed by atoms with Crippen LogP contribution >= 0.6 is 0 Å². The minimum Gasteiger partial charge on any atom is -0.339 e. The lowest BCUT2D eigenvalue weighted by atomic mass is 10.1. The molecule has 1 aliphatic rings. The normalized spacial score (nSPS) is 18.9. The van der Waals surface area contributed by atoms with E-state index in [1.165, 1.54) is 44.9 Å². The first-order valence-electron chi connectivity index (χ1n) is 8.25. The summed E-state index contributed by atoms with van der Waals surface area (Å²) in [6, 6.07) is 0. The minimum atomic E-state index is 0.508. The summed E-state index contributed by atoms with van der Waals surface area (Å²) in [5.41, 5.74) is 0. The van der Waals surface area contributed by atoms with Crippen LogP contribution in [0.1, 0.15) is 72.6 Å². The van der Waals surface area contributed by atoms with Gasteiger partial charge in [0.15, 0.2) is 0 Å². The molecule has 19 heavy (non-hydrogen) atoms. The Morgan fingerprint density at radius 3 is 2.37 bits per heavy atom. The average molecular weight is 267 g/mol. The van der Waals surface area contributed by atoms with Gasteiger partial charge in [0, 0.05) is 13.1 Å². The largest absolute Gasteiger partial charge is 0.339 e. The highest BCUT2D eigenvalue weighted by atomic mass is 15.6. The molecule has 0 aromatic carbocycles. The van der Waals surface area contributed by atoms with E-state index in [-0.39, 0.29) is 0 Å². The molecule has 1 heterocycles. The predicted octanol–water partition coefficient (Wildman–Crippen LogP) is 4.30. The molecule has 0 aromatic heterocycles. The summed E-state index contributed by atoms with van der Waals surface area (Å²) in [4.78, 5) is 2.45. The fraction of sp³-hybridized carbons (Fsp3) is 0.938. The first-order valence-corrected chi connectivity index (χ1v) is 8.25. The SMILES string of the molecule is CCCCCCN1N=CN(CCCC)C1CC(C)C. The van der Waals surface area contributed by atoms with E-state index >= 15 is 0 Å². The maximum absolute atomic E-state index is 4.64. The Kier molecular flexibility index (Phi) is 7.92. The highest BCUT2D eigenvalue weighted by molar-refractivity contribution is 5.57. The molecule has 0 bridgehead atoms. The number of hydrogen-bond acceptors (Lipinski definition) is 3. The second kappa shape index (κ2) is 9.22. The fourth-order valence-corrected chi connectivity index (χ4v) is 2.59. The monoisotopic (exact) mass is 267 g/mol. The number of nitrogens with zero attached hydrogens (tertiary/aromatic N) is 3. The van der Waals surface area contributed by atoms with E-state index < -0.39 is 0 Å². The molecule has 0 spiro atoms. The van der Waals surface area contributed by atoms with Gasteiger partial charge in [0.2, 0.25) is 0 Å². The van der Waals surface area contributed by atoms with E-state index in [0.29, 0.717) is 6.17 Å². The zero-order valence-corrected chi connectivity index (χ0v) is 13.4. The van der Waals surface area contributed by atoms with E-state index in [0.717, 1.165) is 19.0 Å². The van der Waals surface area contributed by atoms with Crippen LogP contribution in [0.2, 0.25) is 0 Å². The van der Waals surface area contributed by atoms with E-state index in [4.69, 9.17) is 0 Å². The topological polar surface area (TPSA) is 18.8 Å². The van der Waals surface area contributed by atoms with Crippen LogP contribution in [0.4, 0.5) is 0 Å². The molecule has 3 nitrogen and oxygen atoms in total. The molecule has 0 saturated carbocycles. The molecule has 0 radical (unpaired) electrons. The maximum Gasteiger partial charge on any atom is 0.119 e. The quantitative estimate of drug-likeness (QED) is 0.550. The number of hydrazone groups is 1. The third-order valence-electron chi connectivity index (χ3n) is 3.77. The van der Waals surface area contributed by atoms with Gasteiger partial charge in [0.25, 0.3) is 0 Å². The maximum atomic E-state index is 4.64. The number of unbranched alkanes of at least 4 members (excludes halogenated alkanes) is 4. The van der Waals surface area contributed by atoms with Crippen molar-refractivity contribution in [2.24, 2.45) is 11.0 Å². The van der Waals surface area contributed by atoms with Crippen LogP contribution in [0.25, 0.3) is 0 Å². The summed E-state index contributed by atoms with van der Waals surface area (Å²) in [6.45, 7) is 11.4. The zero-order valence-electron chi connectivity index (χ0n) is 13.4.